The summed E-state index contributed by atoms with van der Waals surface area (Å²) < 4.78 is 0. The van der Waals surface area contributed by atoms with Crippen LogP contribution in [-0.4, -0.2) is 48.8 Å². The number of likely N-dealkylation sites (tertiary alicyclic amines) is 1. The molecule has 0 saturated carbocycles. The first-order chi connectivity index (χ1) is 6.68. The minimum Gasteiger partial charge on any atom is -0.390 e. The molecule has 4 heteroatoms. The van der Waals surface area contributed by atoms with E-state index in [-0.39, 0.29) is 6.10 Å². The van der Waals surface area contributed by atoms with Crippen molar-refractivity contribution < 1.29 is 5.11 Å². The second-order valence-corrected chi connectivity index (χ2v) is 4.34. The fourth-order valence-electron chi connectivity index (χ4n) is 1.70. The van der Waals surface area contributed by atoms with Crippen molar-refractivity contribution in [2.45, 2.75) is 18.9 Å². The Balaban J connectivity index is 2.03. The average Bonchev–Trinajstić information content (AvgIpc) is 2.56. The first-order valence-corrected chi connectivity index (χ1v) is 5.50. The molecular formula is C10H19ClN2O. The molecule has 0 bridgehead atoms. The zero-order valence-corrected chi connectivity index (χ0v) is 9.26. The van der Waals surface area contributed by atoms with Crippen molar-refractivity contribution in [3.05, 3.63) is 11.6 Å². The first-order valence-electron chi connectivity index (χ1n) is 5.13. The van der Waals surface area contributed by atoms with Crippen molar-refractivity contribution in [3.63, 3.8) is 0 Å². The zero-order chi connectivity index (χ0) is 10.4. The second-order valence-electron chi connectivity index (χ2n) is 3.81. The molecule has 0 aromatic heterocycles. The SMILES string of the molecule is C=C(Cl)CNCC(O)CN1CCCC1. The van der Waals surface area contributed by atoms with Crippen molar-refractivity contribution in [1.82, 2.24) is 10.2 Å². The van der Waals surface area contributed by atoms with Crippen LogP contribution in [0.1, 0.15) is 12.8 Å². The lowest BCUT2D eigenvalue weighted by Gasteiger charge is -2.19. The van der Waals surface area contributed by atoms with Crippen molar-refractivity contribution >= 4 is 11.6 Å². The lowest BCUT2D eigenvalue weighted by Crippen LogP contribution is -2.37. The summed E-state index contributed by atoms with van der Waals surface area (Å²) in [5.74, 6) is 0. The highest BCUT2D eigenvalue weighted by Gasteiger charge is 2.15. The highest BCUT2D eigenvalue weighted by Crippen LogP contribution is 2.07. The van der Waals surface area contributed by atoms with Crippen LogP contribution in [0.25, 0.3) is 0 Å². The summed E-state index contributed by atoms with van der Waals surface area (Å²) in [6.45, 7) is 7.73. The summed E-state index contributed by atoms with van der Waals surface area (Å²) in [6.07, 6.45) is 2.22. The van der Waals surface area contributed by atoms with E-state index in [1.54, 1.807) is 0 Å². The van der Waals surface area contributed by atoms with Crippen molar-refractivity contribution in [3.8, 4) is 0 Å². The summed E-state index contributed by atoms with van der Waals surface area (Å²) in [6, 6.07) is 0. The van der Waals surface area contributed by atoms with E-state index in [0.717, 1.165) is 19.6 Å². The summed E-state index contributed by atoms with van der Waals surface area (Å²) in [4.78, 5) is 2.29. The van der Waals surface area contributed by atoms with Gasteiger partial charge in [0.05, 0.1) is 6.10 Å². The standard InChI is InChI=1S/C10H19ClN2O/c1-9(11)6-12-7-10(14)8-13-4-2-3-5-13/h10,12,14H,1-8H2. The van der Waals surface area contributed by atoms with Crippen LogP contribution in [0.3, 0.4) is 0 Å². The Morgan fingerprint density at radius 2 is 2.14 bits per heavy atom. The number of aliphatic hydroxyl groups excluding tert-OH is 1. The van der Waals surface area contributed by atoms with Gasteiger partial charge in [-0.2, -0.15) is 0 Å². The number of halogens is 1. The van der Waals surface area contributed by atoms with Gasteiger partial charge in [0.15, 0.2) is 0 Å². The Bertz CT molecular complexity index is 181. The number of hydrogen-bond acceptors (Lipinski definition) is 3. The monoisotopic (exact) mass is 218 g/mol. The molecule has 0 aliphatic carbocycles. The normalized spacial score (nSPS) is 19.9. The van der Waals surface area contributed by atoms with Crippen LogP contribution in [-0.2, 0) is 0 Å². The molecule has 0 aromatic carbocycles. The molecule has 0 aromatic rings. The van der Waals surface area contributed by atoms with E-state index < -0.39 is 0 Å². The van der Waals surface area contributed by atoms with Gasteiger partial charge < -0.3 is 15.3 Å². The smallest absolute Gasteiger partial charge is 0.0791 e. The van der Waals surface area contributed by atoms with Gasteiger partial charge in [-0.05, 0) is 25.9 Å². The summed E-state index contributed by atoms with van der Waals surface area (Å²) in [7, 11) is 0. The lowest BCUT2D eigenvalue weighted by atomic mass is 10.3. The maximum Gasteiger partial charge on any atom is 0.0791 e. The Morgan fingerprint density at radius 1 is 1.50 bits per heavy atom. The van der Waals surface area contributed by atoms with Gasteiger partial charge in [0.2, 0.25) is 0 Å². The topological polar surface area (TPSA) is 35.5 Å². The lowest BCUT2D eigenvalue weighted by molar-refractivity contribution is 0.124. The quantitative estimate of drug-likeness (QED) is 0.692. The Labute approximate surface area is 90.7 Å². The van der Waals surface area contributed by atoms with Crippen molar-refractivity contribution in [1.29, 1.82) is 0 Å². The molecule has 1 unspecified atom stereocenters. The third-order valence-corrected chi connectivity index (χ3v) is 2.50. The summed E-state index contributed by atoms with van der Waals surface area (Å²) >= 11 is 5.58. The van der Waals surface area contributed by atoms with Crippen LogP contribution < -0.4 is 5.32 Å². The average molecular weight is 219 g/mol. The molecule has 1 fully saturated rings. The highest BCUT2D eigenvalue weighted by molar-refractivity contribution is 6.29. The number of nitrogens with zero attached hydrogens (tertiary/aromatic N) is 1. The van der Waals surface area contributed by atoms with Crippen LogP contribution in [0.2, 0.25) is 0 Å². The molecule has 2 N–H and O–H groups in total. The zero-order valence-electron chi connectivity index (χ0n) is 8.51. The number of aliphatic hydroxyl groups is 1. The summed E-state index contributed by atoms with van der Waals surface area (Å²) in [5.41, 5.74) is 0. The molecule has 0 spiro atoms. The molecule has 0 radical (unpaired) electrons. The molecule has 3 nitrogen and oxygen atoms in total. The van der Waals surface area contributed by atoms with Crippen molar-refractivity contribution in [2.24, 2.45) is 0 Å². The van der Waals surface area contributed by atoms with Crippen molar-refractivity contribution in [2.75, 3.05) is 32.7 Å². The van der Waals surface area contributed by atoms with Gasteiger partial charge in [0.25, 0.3) is 0 Å². The maximum absolute atomic E-state index is 9.65. The van der Waals surface area contributed by atoms with Crippen LogP contribution in [0, 0.1) is 0 Å². The number of hydrogen-bond donors (Lipinski definition) is 2. The minimum atomic E-state index is -0.302. The molecule has 1 aliphatic heterocycles. The van der Waals surface area contributed by atoms with Gasteiger partial charge in [-0.25, -0.2) is 0 Å². The Kier molecular flexibility index (Phi) is 5.48. The molecule has 82 valence electrons. The second kappa shape index (κ2) is 6.40. The Hall–Kier alpha value is -0.0900. The largest absolute Gasteiger partial charge is 0.390 e. The van der Waals surface area contributed by atoms with E-state index in [9.17, 15) is 5.11 Å². The molecule has 14 heavy (non-hydrogen) atoms. The predicted octanol–water partition coefficient (Wildman–Crippen LogP) is 0.785. The summed E-state index contributed by atoms with van der Waals surface area (Å²) in [5, 5.41) is 13.3. The van der Waals surface area contributed by atoms with E-state index in [1.165, 1.54) is 12.8 Å². The number of β-amino-alcohol motifs (C(OH)–C–C–N with tert-alkyl or cyclic N) is 1. The van der Waals surface area contributed by atoms with Crippen LogP contribution in [0.5, 0.6) is 0 Å². The third-order valence-electron chi connectivity index (χ3n) is 2.36. The van der Waals surface area contributed by atoms with E-state index in [2.05, 4.69) is 16.8 Å². The molecule has 1 aliphatic rings. The predicted molar refractivity (Wildman–Crippen MR) is 59.5 cm³/mol. The molecule has 1 heterocycles. The van der Waals surface area contributed by atoms with Gasteiger partial charge in [0.1, 0.15) is 0 Å². The van der Waals surface area contributed by atoms with E-state index in [0.29, 0.717) is 18.1 Å². The van der Waals surface area contributed by atoms with Gasteiger partial charge in [0, 0.05) is 24.7 Å². The molecule has 1 atom stereocenters. The fraction of sp³-hybridized carbons (Fsp3) is 0.800. The van der Waals surface area contributed by atoms with Crippen LogP contribution in [0.4, 0.5) is 0 Å². The number of nitrogens with one attached hydrogen (secondary N) is 1. The van der Waals surface area contributed by atoms with Crippen LogP contribution in [0.15, 0.2) is 11.6 Å². The maximum atomic E-state index is 9.65. The van der Waals surface area contributed by atoms with E-state index >= 15 is 0 Å². The van der Waals surface area contributed by atoms with Gasteiger partial charge in [-0.15, -0.1) is 0 Å². The number of rotatable bonds is 6. The Morgan fingerprint density at radius 3 is 2.71 bits per heavy atom. The molecule has 1 rings (SSSR count). The first kappa shape index (κ1) is 12.0. The molecular weight excluding hydrogens is 200 g/mol. The third kappa shape index (κ3) is 4.96. The highest BCUT2D eigenvalue weighted by atomic mass is 35.5. The molecule has 1 saturated heterocycles. The van der Waals surface area contributed by atoms with E-state index in [1.807, 2.05) is 0 Å². The van der Waals surface area contributed by atoms with Gasteiger partial charge >= 0.3 is 0 Å². The van der Waals surface area contributed by atoms with E-state index in [4.69, 9.17) is 11.6 Å². The minimum absolute atomic E-state index is 0.302. The van der Waals surface area contributed by atoms with Gasteiger partial charge in [-0.1, -0.05) is 18.2 Å². The van der Waals surface area contributed by atoms with Crippen LogP contribution >= 0.6 is 11.6 Å². The van der Waals surface area contributed by atoms with Gasteiger partial charge in [-0.3, -0.25) is 0 Å². The fourth-order valence-corrected chi connectivity index (χ4v) is 1.80. The molecule has 0 amide bonds.